The number of hydrogen-bond donors (Lipinski definition) is 0. The van der Waals surface area contributed by atoms with E-state index < -0.39 is 5.97 Å². The van der Waals surface area contributed by atoms with Gasteiger partial charge in [0.1, 0.15) is 5.57 Å². The van der Waals surface area contributed by atoms with E-state index in [0.29, 0.717) is 6.61 Å². The second kappa shape index (κ2) is 6.23. The molecule has 5 heteroatoms. The van der Waals surface area contributed by atoms with Crippen molar-refractivity contribution in [3.63, 3.8) is 0 Å². The van der Waals surface area contributed by atoms with Crippen LogP contribution in [0.1, 0.15) is 20.3 Å². The van der Waals surface area contributed by atoms with Crippen LogP contribution in [0.2, 0.25) is 0 Å². The maximum atomic E-state index is 11.6. The van der Waals surface area contributed by atoms with Crippen LogP contribution >= 0.6 is 23.5 Å². The fourth-order valence-corrected chi connectivity index (χ4v) is 3.86. The fraction of sp³-hybridized carbons (Fsp3) is 0.600. The first kappa shape index (κ1) is 12.6. The molecule has 0 saturated carbocycles. The van der Waals surface area contributed by atoms with E-state index in [1.54, 1.807) is 30.4 Å². The summed E-state index contributed by atoms with van der Waals surface area (Å²) in [6.45, 7) is 3.45. The highest BCUT2D eigenvalue weighted by molar-refractivity contribution is 8.22. The first-order valence-corrected chi connectivity index (χ1v) is 6.81. The van der Waals surface area contributed by atoms with Gasteiger partial charge in [-0.25, -0.2) is 4.79 Å². The van der Waals surface area contributed by atoms with Gasteiger partial charge >= 0.3 is 5.97 Å². The number of Topliss-reactive ketones (excluding diaryl/α,β-unsaturated/α-hetero) is 1. The zero-order valence-corrected chi connectivity index (χ0v) is 10.5. The summed E-state index contributed by atoms with van der Waals surface area (Å²) in [5, 5.41) is 0. The third-order valence-corrected chi connectivity index (χ3v) is 4.42. The summed E-state index contributed by atoms with van der Waals surface area (Å²) in [5.41, 5.74) is 0.228. The highest BCUT2D eigenvalue weighted by Gasteiger charge is 2.23. The third-order valence-electron chi connectivity index (χ3n) is 1.79. The van der Waals surface area contributed by atoms with E-state index in [9.17, 15) is 9.59 Å². The van der Waals surface area contributed by atoms with Crippen molar-refractivity contribution in [1.82, 2.24) is 0 Å². The first-order valence-electron chi connectivity index (χ1n) is 4.84. The number of esters is 1. The van der Waals surface area contributed by atoms with Gasteiger partial charge < -0.3 is 4.74 Å². The van der Waals surface area contributed by atoms with E-state index in [-0.39, 0.29) is 11.4 Å². The number of rotatable bonds is 3. The third kappa shape index (κ3) is 3.57. The zero-order valence-electron chi connectivity index (χ0n) is 8.87. The molecule has 1 rings (SSSR count). The molecule has 0 atom stereocenters. The predicted octanol–water partition coefficient (Wildman–Crippen LogP) is 2.22. The zero-order chi connectivity index (χ0) is 11.3. The molecule has 1 saturated heterocycles. The van der Waals surface area contributed by atoms with Crippen molar-refractivity contribution in [2.24, 2.45) is 0 Å². The lowest BCUT2D eigenvalue weighted by atomic mass is 10.2. The standard InChI is InChI=1S/C10H14O3S2/c1-3-13-9(12)8(7(2)11)10-14-5-4-6-15-10/h3-6H2,1-2H3. The van der Waals surface area contributed by atoms with Crippen molar-refractivity contribution in [3.05, 3.63) is 9.81 Å². The van der Waals surface area contributed by atoms with Crippen LogP contribution in [-0.4, -0.2) is 29.9 Å². The summed E-state index contributed by atoms with van der Waals surface area (Å²) >= 11 is 3.15. The summed E-state index contributed by atoms with van der Waals surface area (Å²) in [6, 6.07) is 0. The summed E-state index contributed by atoms with van der Waals surface area (Å²) < 4.78 is 5.70. The number of thioether (sulfide) groups is 2. The van der Waals surface area contributed by atoms with Gasteiger partial charge in [0.05, 0.1) is 10.8 Å². The Morgan fingerprint density at radius 1 is 1.33 bits per heavy atom. The Balaban J connectivity index is 2.88. The molecule has 1 fully saturated rings. The monoisotopic (exact) mass is 246 g/mol. The lowest BCUT2D eigenvalue weighted by molar-refractivity contribution is -0.139. The molecule has 0 aliphatic carbocycles. The quantitative estimate of drug-likeness (QED) is 0.330. The van der Waals surface area contributed by atoms with Crippen LogP contribution in [0.3, 0.4) is 0 Å². The Morgan fingerprint density at radius 2 is 1.93 bits per heavy atom. The smallest absolute Gasteiger partial charge is 0.343 e. The van der Waals surface area contributed by atoms with Gasteiger partial charge in [0, 0.05) is 0 Å². The van der Waals surface area contributed by atoms with Crippen molar-refractivity contribution in [1.29, 1.82) is 0 Å². The van der Waals surface area contributed by atoms with E-state index in [1.807, 2.05) is 0 Å². The first-order chi connectivity index (χ1) is 7.16. The van der Waals surface area contributed by atoms with Gasteiger partial charge in [-0.2, -0.15) is 0 Å². The van der Waals surface area contributed by atoms with Crippen molar-refractivity contribution < 1.29 is 14.3 Å². The molecule has 0 radical (unpaired) electrons. The SMILES string of the molecule is CCOC(=O)C(C(C)=O)=C1SCCCS1. The van der Waals surface area contributed by atoms with Crippen LogP contribution in [0.15, 0.2) is 9.81 Å². The van der Waals surface area contributed by atoms with E-state index in [0.717, 1.165) is 22.2 Å². The second-order valence-corrected chi connectivity index (χ2v) is 5.46. The molecule has 0 amide bonds. The molecular formula is C10H14O3S2. The number of carbonyl (C=O) groups is 2. The molecule has 0 spiro atoms. The lowest BCUT2D eigenvalue weighted by Gasteiger charge is -2.15. The van der Waals surface area contributed by atoms with Crippen LogP contribution < -0.4 is 0 Å². The van der Waals surface area contributed by atoms with Crippen molar-refractivity contribution >= 4 is 35.3 Å². The predicted molar refractivity (Wildman–Crippen MR) is 63.9 cm³/mol. The van der Waals surface area contributed by atoms with E-state index in [1.165, 1.54) is 6.92 Å². The molecule has 0 N–H and O–H groups in total. The normalized spacial score (nSPS) is 16.0. The molecule has 0 unspecified atom stereocenters. The highest BCUT2D eigenvalue weighted by Crippen LogP contribution is 2.37. The van der Waals surface area contributed by atoms with Crippen LogP contribution in [0, 0.1) is 0 Å². The van der Waals surface area contributed by atoms with E-state index in [4.69, 9.17) is 4.74 Å². The molecule has 0 aromatic heterocycles. The van der Waals surface area contributed by atoms with Crippen molar-refractivity contribution in [2.45, 2.75) is 20.3 Å². The van der Waals surface area contributed by atoms with E-state index >= 15 is 0 Å². The topological polar surface area (TPSA) is 43.4 Å². The average Bonchev–Trinajstić information content (AvgIpc) is 2.19. The summed E-state index contributed by atoms with van der Waals surface area (Å²) in [7, 11) is 0. The van der Waals surface area contributed by atoms with Crippen molar-refractivity contribution in [3.8, 4) is 0 Å². The van der Waals surface area contributed by atoms with Crippen molar-refractivity contribution in [2.75, 3.05) is 18.1 Å². The molecule has 3 nitrogen and oxygen atoms in total. The van der Waals surface area contributed by atoms with Gasteiger partial charge in [-0.3, -0.25) is 4.79 Å². The van der Waals surface area contributed by atoms with Crippen LogP contribution in [-0.2, 0) is 14.3 Å². The molecule has 1 aliphatic rings. The Bertz CT molecular complexity index is 289. The average molecular weight is 246 g/mol. The molecule has 0 aromatic rings. The summed E-state index contributed by atoms with van der Waals surface area (Å²) in [4.78, 5) is 22.9. The van der Waals surface area contributed by atoms with Crippen LogP contribution in [0.4, 0.5) is 0 Å². The molecular weight excluding hydrogens is 232 g/mol. The Morgan fingerprint density at radius 3 is 2.40 bits per heavy atom. The Labute approximate surface area is 98.0 Å². The lowest BCUT2D eigenvalue weighted by Crippen LogP contribution is -2.16. The molecule has 84 valence electrons. The minimum atomic E-state index is -0.484. The largest absolute Gasteiger partial charge is 0.462 e. The Kier molecular flexibility index (Phi) is 5.25. The molecule has 1 heterocycles. The number of ether oxygens (including phenoxy) is 1. The second-order valence-electron chi connectivity index (χ2n) is 2.99. The maximum absolute atomic E-state index is 11.6. The number of carbonyl (C=O) groups excluding carboxylic acids is 2. The van der Waals surface area contributed by atoms with Gasteiger partial charge in [-0.05, 0) is 31.8 Å². The van der Waals surface area contributed by atoms with Gasteiger partial charge in [0.2, 0.25) is 0 Å². The van der Waals surface area contributed by atoms with Gasteiger partial charge in [0.25, 0.3) is 0 Å². The summed E-state index contributed by atoms with van der Waals surface area (Å²) in [6.07, 6.45) is 1.12. The number of ketones is 1. The van der Waals surface area contributed by atoms with Gasteiger partial charge in [-0.15, -0.1) is 23.5 Å². The van der Waals surface area contributed by atoms with Gasteiger partial charge in [0.15, 0.2) is 5.78 Å². The minimum absolute atomic E-state index is 0.203. The number of hydrogen-bond acceptors (Lipinski definition) is 5. The van der Waals surface area contributed by atoms with Crippen LogP contribution in [0.5, 0.6) is 0 Å². The minimum Gasteiger partial charge on any atom is -0.462 e. The summed E-state index contributed by atoms with van der Waals surface area (Å²) in [5.74, 6) is 1.25. The Hall–Kier alpha value is -0.420. The van der Waals surface area contributed by atoms with Crippen LogP contribution in [0.25, 0.3) is 0 Å². The molecule has 0 aromatic carbocycles. The molecule has 0 bridgehead atoms. The van der Waals surface area contributed by atoms with Gasteiger partial charge in [-0.1, -0.05) is 0 Å². The molecule has 15 heavy (non-hydrogen) atoms. The van der Waals surface area contributed by atoms with E-state index in [2.05, 4.69) is 0 Å². The molecule has 1 aliphatic heterocycles. The fourth-order valence-electron chi connectivity index (χ4n) is 1.15. The highest BCUT2D eigenvalue weighted by atomic mass is 32.2. The maximum Gasteiger partial charge on any atom is 0.343 e.